The minimum Gasteiger partial charge on any atom is -0.385 e. The SMILES string of the molecule is COCCC[CH]CCN(C)C. The van der Waals surface area contributed by atoms with E-state index >= 15 is 0 Å². The molecule has 0 bridgehead atoms. The first-order valence-electron chi connectivity index (χ1n) is 4.22. The van der Waals surface area contributed by atoms with E-state index in [2.05, 4.69) is 25.4 Å². The molecular weight excluding hydrogens is 138 g/mol. The predicted octanol–water partition coefficient (Wildman–Crippen LogP) is 1.57. The van der Waals surface area contributed by atoms with Crippen LogP contribution in [0.4, 0.5) is 0 Å². The molecule has 2 nitrogen and oxygen atoms in total. The number of methoxy groups -OCH3 is 1. The molecular formula is C9H20NO. The first-order chi connectivity index (χ1) is 5.27. The average molecular weight is 158 g/mol. The van der Waals surface area contributed by atoms with Crippen LogP contribution in [0.5, 0.6) is 0 Å². The molecule has 0 aliphatic carbocycles. The zero-order valence-corrected chi connectivity index (χ0v) is 7.97. The van der Waals surface area contributed by atoms with Crippen molar-refractivity contribution >= 4 is 0 Å². The van der Waals surface area contributed by atoms with Gasteiger partial charge in [-0.15, -0.1) is 0 Å². The third kappa shape index (κ3) is 9.92. The lowest BCUT2D eigenvalue weighted by Gasteiger charge is -2.07. The molecule has 0 saturated carbocycles. The van der Waals surface area contributed by atoms with Crippen molar-refractivity contribution in [3.8, 4) is 0 Å². The quantitative estimate of drug-likeness (QED) is 0.521. The minimum absolute atomic E-state index is 0.887. The Hall–Kier alpha value is -0.0800. The fourth-order valence-corrected chi connectivity index (χ4v) is 0.866. The largest absolute Gasteiger partial charge is 0.385 e. The lowest BCUT2D eigenvalue weighted by molar-refractivity contribution is 0.194. The Kier molecular flexibility index (Phi) is 7.96. The lowest BCUT2D eigenvalue weighted by Crippen LogP contribution is -2.12. The smallest absolute Gasteiger partial charge is 0.0462 e. The highest BCUT2D eigenvalue weighted by molar-refractivity contribution is 4.65. The van der Waals surface area contributed by atoms with Crippen LogP contribution in [0.3, 0.4) is 0 Å². The third-order valence-corrected chi connectivity index (χ3v) is 1.54. The van der Waals surface area contributed by atoms with E-state index in [0.29, 0.717) is 0 Å². The number of ether oxygens (including phenoxy) is 1. The molecule has 0 aromatic rings. The Bertz CT molecular complexity index is 74.0. The number of hydrogen-bond acceptors (Lipinski definition) is 2. The van der Waals surface area contributed by atoms with Crippen molar-refractivity contribution in [3.05, 3.63) is 6.42 Å². The predicted molar refractivity (Wildman–Crippen MR) is 48.6 cm³/mol. The minimum atomic E-state index is 0.887. The van der Waals surface area contributed by atoms with E-state index in [1.165, 1.54) is 12.8 Å². The van der Waals surface area contributed by atoms with E-state index in [1.807, 2.05) is 0 Å². The van der Waals surface area contributed by atoms with Crippen molar-refractivity contribution in [2.75, 3.05) is 34.4 Å². The molecule has 0 aliphatic rings. The van der Waals surface area contributed by atoms with Gasteiger partial charge in [0.05, 0.1) is 0 Å². The molecule has 0 saturated heterocycles. The van der Waals surface area contributed by atoms with Crippen LogP contribution in [-0.2, 0) is 4.74 Å². The third-order valence-electron chi connectivity index (χ3n) is 1.54. The van der Waals surface area contributed by atoms with Gasteiger partial charge in [0, 0.05) is 13.7 Å². The topological polar surface area (TPSA) is 12.5 Å². The van der Waals surface area contributed by atoms with Crippen molar-refractivity contribution in [3.63, 3.8) is 0 Å². The highest BCUT2D eigenvalue weighted by atomic mass is 16.5. The second kappa shape index (κ2) is 8.02. The Morgan fingerprint density at radius 3 is 2.55 bits per heavy atom. The van der Waals surface area contributed by atoms with E-state index in [0.717, 1.165) is 19.6 Å². The van der Waals surface area contributed by atoms with Crippen LogP contribution in [0, 0.1) is 6.42 Å². The molecule has 0 aromatic carbocycles. The van der Waals surface area contributed by atoms with Gasteiger partial charge in [-0.1, -0.05) is 0 Å². The lowest BCUT2D eigenvalue weighted by atomic mass is 10.2. The molecule has 0 fully saturated rings. The van der Waals surface area contributed by atoms with E-state index in [4.69, 9.17) is 4.74 Å². The second-order valence-electron chi connectivity index (χ2n) is 3.02. The summed E-state index contributed by atoms with van der Waals surface area (Å²) in [6.45, 7) is 2.05. The van der Waals surface area contributed by atoms with Gasteiger partial charge in [-0.3, -0.25) is 0 Å². The van der Waals surface area contributed by atoms with Crippen molar-refractivity contribution in [1.82, 2.24) is 4.90 Å². The fourth-order valence-electron chi connectivity index (χ4n) is 0.866. The van der Waals surface area contributed by atoms with Crippen molar-refractivity contribution < 1.29 is 4.74 Å². The van der Waals surface area contributed by atoms with Crippen LogP contribution < -0.4 is 0 Å². The van der Waals surface area contributed by atoms with Crippen LogP contribution >= 0.6 is 0 Å². The molecule has 0 spiro atoms. The monoisotopic (exact) mass is 158 g/mol. The molecule has 0 atom stereocenters. The Morgan fingerprint density at radius 1 is 1.27 bits per heavy atom. The molecule has 0 heterocycles. The van der Waals surface area contributed by atoms with Crippen LogP contribution in [0.2, 0.25) is 0 Å². The normalized spacial score (nSPS) is 10.9. The molecule has 2 heteroatoms. The molecule has 11 heavy (non-hydrogen) atoms. The van der Waals surface area contributed by atoms with E-state index in [9.17, 15) is 0 Å². The fraction of sp³-hybridized carbons (Fsp3) is 0.889. The Labute approximate surface area is 70.5 Å². The van der Waals surface area contributed by atoms with Gasteiger partial charge in [-0.25, -0.2) is 0 Å². The van der Waals surface area contributed by atoms with Crippen LogP contribution in [-0.4, -0.2) is 39.3 Å². The van der Waals surface area contributed by atoms with Gasteiger partial charge in [0.15, 0.2) is 0 Å². The first-order valence-corrected chi connectivity index (χ1v) is 4.22. The maximum atomic E-state index is 4.94. The molecule has 1 radical (unpaired) electrons. The highest BCUT2D eigenvalue weighted by Gasteiger charge is 1.91. The van der Waals surface area contributed by atoms with Crippen molar-refractivity contribution in [2.45, 2.75) is 19.3 Å². The van der Waals surface area contributed by atoms with Gasteiger partial charge in [-0.2, -0.15) is 0 Å². The number of unbranched alkanes of at least 4 members (excludes halogenated alkanes) is 3. The summed E-state index contributed by atoms with van der Waals surface area (Å²) in [6.07, 6.45) is 5.86. The maximum absolute atomic E-state index is 4.94. The van der Waals surface area contributed by atoms with Gasteiger partial charge in [-0.05, 0) is 46.3 Å². The number of nitrogens with zero attached hydrogens (tertiary/aromatic N) is 1. The highest BCUT2D eigenvalue weighted by Crippen LogP contribution is 1.98. The summed E-state index contributed by atoms with van der Waals surface area (Å²) in [5.41, 5.74) is 0. The van der Waals surface area contributed by atoms with E-state index in [1.54, 1.807) is 7.11 Å². The average Bonchev–Trinajstić information content (AvgIpc) is 1.96. The van der Waals surface area contributed by atoms with Crippen LogP contribution in [0.1, 0.15) is 19.3 Å². The van der Waals surface area contributed by atoms with Crippen LogP contribution in [0.15, 0.2) is 0 Å². The zero-order valence-electron chi connectivity index (χ0n) is 7.97. The summed E-state index contributed by atoms with van der Waals surface area (Å²) in [5, 5.41) is 0. The van der Waals surface area contributed by atoms with Gasteiger partial charge < -0.3 is 9.64 Å². The summed E-state index contributed by atoms with van der Waals surface area (Å²) in [5.74, 6) is 0. The molecule has 67 valence electrons. The number of rotatable bonds is 7. The second-order valence-corrected chi connectivity index (χ2v) is 3.02. The molecule has 0 aliphatic heterocycles. The summed E-state index contributed by atoms with van der Waals surface area (Å²) >= 11 is 0. The van der Waals surface area contributed by atoms with E-state index in [-0.39, 0.29) is 0 Å². The zero-order chi connectivity index (χ0) is 8.53. The molecule has 0 rings (SSSR count). The number of hydrogen-bond donors (Lipinski definition) is 0. The summed E-state index contributed by atoms with van der Waals surface area (Å²) < 4.78 is 4.94. The standard InChI is InChI=1S/C9H20NO/c1-10(2)8-6-4-5-7-9-11-3/h4H,5-9H2,1-3H3. The first kappa shape index (κ1) is 10.9. The van der Waals surface area contributed by atoms with Gasteiger partial charge in [0.2, 0.25) is 0 Å². The Balaban J connectivity index is 2.80. The van der Waals surface area contributed by atoms with Gasteiger partial charge >= 0.3 is 0 Å². The summed E-state index contributed by atoms with van der Waals surface area (Å²) in [7, 11) is 5.95. The molecule has 0 unspecified atom stereocenters. The van der Waals surface area contributed by atoms with E-state index < -0.39 is 0 Å². The van der Waals surface area contributed by atoms with Crippen molar-refractivity contribution in [2.24, 2.45) is 0 Å². The summed E-state index contributed by atoms with van der Waals surface area (Å²) in [4.78, 5) is 2.20. The summed E-state index contributed by atoms with van der Waals surface area (Å²) in [6, 6.07) is 0. The molecule has 0 aromatic heterocycles. The molecule has 0 N–H and O–H groups in total. The van der Waals surface area contributed by atoms with Gasteiger partial charge in [0.1, 0.15) is 0 Å². The van der Waals surface area contributed by atoms with Crippen molar-refractivity contribution in [1.29, 1.82) is 0 Å². The maximum Gasteiger partial charge on any atom is 0.0462 e. The van der Waals surface area contributed by atoms with Crippen LogP contribution in [0.25, 0.3) is 0 Å². The van der Waals surface area contributed by atoms with Gasteiger partial charge in [0.25, 0.3) is 0 Å². The molecule has 0 amide bonds. The Morgan fingerprint density at radius 2 is 2.00 bits per heavy atom.